The van der Waals surface area contributed by atoms with E-state index in [1.807, 2.05) is 0 Å². The molecule has 6 aromatic rings. The van der Waals surface area contributed by atoms with Crippen LogP contribution in [0.2, 0.25) is 0 Å². The van der Waals surface area contributed by atoms with E-state index in [9.17, 15) is 0 Å². The molecule has 50 heavy (non-hydrogen) atoms. The molecule has 8 rings (SSSR count). The monoisotopic (exact) mass is 644 g/mol. The summed E-state index contributed by atoms with van der Waals surface area (Å²) in [4.78, 5) is 0. The van der Waals surface area contributed by atoms with Crippen LogP contribution < -0.4 is 5.22 Å². The van der Waals surface area contributed by atoms with Crippen LogP contribution in [0.5, 0.6) is 0 Å². The van der Waals surface area contributed by atoms with Crippen LogP contribution in [0.25, 0.3) is 61.2 Å². The van der Waals surface area contributed by atoms with E-state index in [1.54, 1.807) is 0 Å². The minimum absolute atomic E-state index is 0.0119. The van der Waals surface area contributed by atoms with Crippen molar-refractivity contribution in [2.45, 2.75) is 52.9 Å². The maximum Gasteiger partial charge on any atom is 0.0240 e. The third-order valence-corrected chi connectivity index (χ3v) is 11.3. The van der Waals surface area contributed by atoms with E-state index in [-0.39, 0.29) is 5.41 Å². The number of hydrogen-bond acceptors (Lipinski definition) is 0. The molecule has 0 radical (unpaired) electrons. The average Bonchev–Trinajstić information content (AvgIpc) is 3.31. The number of rotatable bonds is 5. The molecular formula is C50H44. The Hall–Kier alpha value is -5.42. The third kappa shape index (κ3) is 5.51. The molecule has 0 saturated heterocycles. The Kier molecular flexibility index (Phi) is 8.14. The van der Waals surface area contributed by atoms with Crippen LogP contribution in [-0.4, -0.2) is 0 Å². The van der Waals surface area contributed by atoms with Crippen LogP contribution in [0.3, 0.4) is 0 Å². The highest BCUT2D eigenvalue weighted by atomic mass is 14.3. The molecule has 0 spiro atoms. The molecule has 6 aromatic carbocycles. The second-order valence-electron chi connectivity index (χ2n) is 14.5. The van der Waals surface area contributed by atoms with Gasteiger partial charge in [0.2, 0.25) is 0 Å². The summed E-state index contributed by atoms with van der Waals surface area (Å²) in [5.74, 6) is 0.341. The summed E-state index contributed by atoms with van der Waals surface area (Å²) in [5.41, 5.74) is 15.4. The molecule has 0 aliphatic heterocycles. The van der Waals surface area contributed by atoms with Gasteiger partial charge in [-0.3, -0.25) is 0 Å². The van der Waals surface area contributed by atoms with Gasteiger partial charge in [0.05, 0.1) is 0 Å². The topological polar surface area (TPSA) is 0 Å². The van der Waals surface area contributed by atoms with Crippen LogP contribution in [0, 0.1) is 5.92 Å². The van der Waals surface area contributed by atoms with E-state index < -0.39 is 0 Å². The first-order chi connectivity index (χ1) is 24.4. The van der Waals surface area contributed by atoms with Crippen LogP contribution >= 0.6 is 0 Å². The second-order valence-corrected chi connectivity index (χ2v) is 14.5. The van der Waals surface area contributed by atoms with Crippen molar-refractivity contribution in [1.82, 2.24) is 0 Å². The highest BCUT2D eigenvalue weighted by Crippen LogP contribution is 2.39. The van der Waals surface area contributed by atoms with Crippen LogP contribution in [-0.2, 0) is 11.8 Å². The highest BCUT2D eigenvalue weighted by Gasteiger charge is 2.29. The number of allylic oxidation sites excluding steroid dienone is 9. The summed E-state index contributed by atoms with van der Waals surface area (Å²) in [6, 6.07) is 36.6. The molecule has 2 aliphatic carbocycles. The van der Waals surface area contributed by atoms with Gasteiger partial charge in [-0.2, -0.15) is 0 Å². The standard InChI is InChI=1S/C50H44/c1-6-8-12-34(7-2)39-20-21-41-31-43(23-22-40(41)30-39)45-27-25-37-18-24-44-32-42(19-17-36-26-28-46(45)49(37)48(36)44)38-15-11-14-35-13-9-10-16-47(35)50(4,5)33(3)29-38/h6,8-13,15-18,20-33H,7,14H2,1-5H3/b8-6-,15-11-,34-12+,38-29+. The SMILES string of the molecule is C/C=C\C=C(/CC)c1ccc2cc(-c3ccc4ccc5c6c(ccc3c46)C=C=C(C3=C/C(C)C(C)(C)c4ccccc4C/C=C\3)C=5)ccc2c1. The molecule has 0 saturated carbocycles. The predicted octanol–water partition coefficient (Wildman–Crippen LogP) is 12.9. The zero-order chi connectivity index (χ0) is 34.4. The minimum Gasteiger partial charge on any atom is -0.112 e. The fourth-order valence-corrected chi connectivity index (χ4v) is 8.06. The maximum absolute atomic E-state index is 3.75. The molecule has 1 unspecified atom stereocenters. The second kappa shape index (κ2) is 12.8. The number of hydrogen-bond donors (Lipinski definition) is 0. The van der Waals surface area contributed by atoms with Gasteiger partial charge in [0.15, 0.2) is 0 Å². The van der Waals surface area contributed by atoms with Crippen molar-refractivity contribution in [3.8, 4) is 11.1 Å². The molecule has 0 N–H and O–H groups in total. The lowest BCUT2D eigenvalue weighted by atomic mass is 9.72. The van der Waals surface area contributed by atoms with Crippen LogP contribution in [0.4, 0.5) is 0 Å². The van der Waals surface area contributed by atoms with Crippen molar-refractivity contribution < 1.29 is 0 Å². The van der Waals surface area contributed by atoms with Gasteiger partial charge in [-0.1, -0.05) is 149 Å². The quantitative estimate of drug-likeness (QED) is 0.129. The fraction of sp³-hybridized carbons (Fsp3) is 0.180. The molecular weight excluding hydrogens is 601 g/mol. The lowest BCUT2D eigenvalue weighted by Crippen LogP contribution is -2.26. The molecule has 0 amide bonds. The predicted molar refractivity (Wildman–Crippen MR) is 218 cm³/mol. The van der Waals surface area contributed by atoms with Crippen LogP contribution in [0.1, 0.15) is 63.3 Å². The first-order valence-corrected chi connectivity index (χ1v) is 18.2. The Balaban J connectivity index is 1.23. The van der Waals surface area contributed by atoms with Gasteiger partial charge in [-0.25, -0.2) is 0 Å². The van der Waals surface area contributed by atoms with E-state index in [4.69, 9.17) is 0 Å². The van der Waals surface area contributed by atoms with Gasteiger partial charge >= 0.3 is 0 Å². The summed E-state index contributed by atoms with van der Waals surface area (Å²) < 4.78 is 0. The smallest absolute Gasteiger partial charge is 0.0240 e. The lowest BCUT2D eigenvalue weighted by Gasteiger charge is -2.32. The van der Waals surface area contributed by atoms with Crippen molar-refractivity contribution in [2.24, 2.45) is 5.92 Å². The molecule has 0 bridgehead atoms. The molecule has 0 heteroatoms. The molecule has 0 heterocycles. The summed E-state index contributed by atoms with van der Waals surface area (Å²) >= 11 is 0. The summed E-state index contributed by atoms with van der Waals surface area (Å²) in [5, 5.41) is 8.99. The molecule has 2 aliphatic rings. The molecule has 0 aromatic heterocycles. The zero-order valence-corrected chi connectivity index (χ0v) is 29.8. The Labute approximate surface area is 296 Å². The number of fused-ring (bicyclic) bond motifs is 2. The fourth-order valence-electron chi connectivity index (χ4n) is 8.06. The zero-order valence-electron chi connectivity index (χ0n) is 29.8. The van der Waals surface area contributed by atoms with Gasteiger partial charge < -0.3 is 0 Å². The van der Waals surface area contributed by atoms with Crippen molar-refractivity contribution >= 4 is 50.0 Å². The van der Waals surface area contributed by atoms with Gasteiger partial charge in [-0.05, 0) is 137 Å². The van der Waals surface area contributed by atoms with E-state index in [2.05, 4.69) is 186 Å². The Bertz CT molecular complexity index is 2570. The molecule has 0 nitrogen and oxygen atoms in total. The Morgan fingerprint density at radius 1 is 0.860 bits per heavy atom. The van der Waals surface area contributed by atoms with E-state index in [0.717, 1.165) is 18.4 Å². The van der Waals surface area contributed by atoms with Gasteiger partial charge in [0.25, 0.3) is 0 Å². The molecule has 1 atom stereocenters. The van der Waals surface area contributed by atoms with E-state index in [1.165, 1.54) is 82.1 Å². The third-order valence-electron chi connectivity index (χ3n) is 11.3. The first-order valence-electron chi connectivity index (χ1n) is 18.2. The summed E-state index contributed by atoms with van der Waals surface area (Å²) in [7, 11) is 0. The highest BCUT2D eigenvalue weighted by molar-refractivity contribution is 6.18. The number of benzene rings is 6. The minimum atomic E-state index is 0.0119. The molecule has 244 valence electrons. The normalized spacial score (nSPS) is 18.9. The molecule has 0 fully saturated rings. The van der Waals surface area contributed by atoms with Gasteiger partial charge in [0, 0.05) is 5.57 Å². The summed E-state index contributed by atoms with van der Waals surface area (Å²) in [6.07, 6.45) is 20.1. The van der Waals surface area contributed by atoms with Crippen molar-refractivity contribution in [3.63, 3.8) is 0 Å². The van der Waals surface area contributed by atoms with E-state index in [0.29, 0.717) is 5.92 Å². The van der Waals surface area contributed by atoms with E-state index >= 15 is 0 Å². The maximum atomic E-state index is 3.75. The lowest BCUT2D eigenvalue weighted by molar-refractivity contribution is 0.406. The van der Waals surface area contributed by atoms with Crippen molar-refractivity contribution in [1.29, 1.82) is 0 Å². The van der Waals surface area contributed by atoms with Gasteiger partial charge in [-0.15, -0.1) is 5.73 Å². The van der Waals surface area contributed by atoms with Crippen molar-refractivity contribution in [3.05, 3.63) is 178 Å². The first kappa shape index (κ1) is 31.8. The average molecular weight is 645 g/mol. The Morgan fingerprint density at radius 2 is 1.66 bits per heavy atom. The van der Waals surface area contributed by atoms with Gasteiger partial charge in [0.1, 0.15) is 0 Å². The Morgan fingerprint density at radius 3 is 2.52 bits per heavy atom. The van der Waals surface area contributed by atoms with Crippen molar-refractivity contribution in [2.75, 3.05) is 0 Å². The van der Waals surface area contributed by atoms with Crippen LogP contribution in [0.15, 0.2) is 150 Å². The largest absolute Gasteiger partial charge is 0.112 e. The summed E-state index contributed by atoms with van der Waals surface area (Å²) in [6.45, 7) is 11.4.